The number of imide groups is 2. The molecule has 0 radical (unpaired) electrons. The molecule has 19 heavy (non-hydrogen) atoms. The highest BCUT2D eigenvalue weighted by atomic mass is 16.5. The Balaban J connectivity index is 1.90. The third kappa shape index (κ3) is 2.49. The zero-order valence-electron chi connectivity index (χ0n) is 11.2. The maximum Gasteiger partial charge on any atom is 0.330 e. The number of nitrogens with zero attached hydrogens (tertiary/aromatic N) is 1. The molecule has 1 saturated heterocycles. The van der Waals surface area contributed by atoms with Crippen LogP contribution in [0.1, 0.15) is 39.0 Å². The molecular formula is C13H20N2O4. The quantitative estimate of drug-likeness (QED) is 0.577. The molecule has 0 unspecified atom stereocenters. The highest BCUT2D eigenvalue weighted by molar-refractivity contribution is 6.19. The van der Waals surface area contributed by atoms with Crippen molar-refractivity contribution in [1.29, 1.82) is 0 Å². The molecule has 1 saturated carbocycles. The molecule has 6 nitrogen and oxygen atoms in total. The predicted octanol–water partition coefficient (Wildman–Crippen LogP) is 1.05. The third-order valence-corrected chi connectivity index (χ3v) is 3.86. The highest BCUT2D eigenvalue weighted by Crippen LogP contribution is 2.44. The van der Waals surface area contributed by atoms with E-state index in [2.05, 4.69) is 12.2 Å². The normalized spacial score (nSPS) is 21.5. The van der Waals surface area contributed by atoms with Crippen molar-refractivity contribution in [2.24, 2.45) is 5.41 Å². The van der Waals surface area contributed by atoms with Gasteiger partial charge in [0.15, 0.2) is 0 Å². The highest BCUT2D eigenvalue weighted by Gasteiger charge is 2.57. The van der Waals surface area contributed by atoms with Gasteiger partial charge in [-0.2, -0.15) is 0 Å². The van der Waals surface area contributed by atoms with Gasteiger partial charge in [-0.25, -0.2) is 4.79 Å². The van der Waals surface area contributed by atoms with E-state index in [1.165, 1.54) is 0 Å². The monoisotopic (exact) mass is 268 g/mol. The molecule has 1 aliphatic carbocycles. The molecule has 1 aliphatic heterocycles. The molecule has 2 fully saturated rings. The van der Waals surface area contributed by atoms with Crippen LogP contribution in [-0.4, -0.2) is 42.5 Å². The Hall–Kier alpha value is -1.43. The van der Waals surface area contributed by atoms with Gasteiger partial charge in [-0.05, 0) is 19.3 Å². The molecule has 0 aromatic heterocycles. The van der Waals surface area contributed by atoms with Crippen molar-refractivity contribution in [2.75, 3.05) is 19.8 Å². The second-order valence-electron chi connectivity index (χ2n) is 5.12. The smallest absolute Gasteiger partial charge is 0.330 e. The standard InChI is InChI=1S/C13H20N2O4/c1-2-3-8-19-9-7-15-11(17)13(5-4-6-13)10(16)14-12(15)18/h2-9H2,1H3,(H,14,16,18). The number of rotatable bonds is 6. The van der Waals surface area contributed by atoms with Gasteiger partial charge in [0.05, 0.1) is 13.2 Å². The second kappa shape index (κ2) is 5.69. The van der Waals surface area contributed by atoms with E-state index in [9.17, 15) is 14.4 Å². The van der Waals surface area contributed by atoms with Gasteiger partial charge in [0.25, 0.3) is 0 Å². The number of barbiturate groups is 1. The zero-order valence-corrected chi connectivity index (χ0v) is 11.2. The van der Waals surface area contributed by atoms with Crippen molar-refractivity contribution in [2.45, 2.75) is 39.0 Å². The van der Waals surface area contributed by atoms with Crippen LogP contribution in [-0.2, 0) is 14.3 Å². The summed E-state index contributed by atoms with van der Waals surface area (Å²) in [5.74, 6) is -0.788. The Labute approximate surface area is 112 Å². The predicted molar refractivity (Wildman–Crippen MR) is 67.3 cm³/mol. The van der Waals surface area contributed by atoms with E-state index in [-0.39, 0.29) is 12.5 Å². The van der Waals surface area contributed by atoms with E-state index < -0.39 is 17.4 Å². The molecule has 2 aliphatic rings. The number of carbonyl (C=O) groups excluding carboxylic acids is 3. The average Bonchev–Trinajstić information content (AvgIpc) is 2.30. The van der Waals surface area contributed by atoms with Gasteiger partial charge < -0.3 is 4.74 Å². The van der Waals surface area contributed by atoms with Crippen LogP contribution >= 0.6 is 0 Å². The SMILES string of the molecule is CCCCOCCN1C(=O)NC(=O)C2(CCC2)C1=O. The van der Waals surface area contributed by atoms with Crippen molar-refractivity contribution < 1.29 is 19.1 Å². The number of hydrogen-bond donors (Lipinski definition) is 1. The van der Waals surface area contributed by atoms with Gasteiger partial charge in [0.2, 0.25) is 11.8 Å². The average molecular weight is 268 g/mol. The number of hydrogen-bond acceptors (Lipinski definition) is 4. The van der Waals surface area contributed by atoms with Crippen LogP contribution in [0, 0.1) is 5.41 Å². The lowest BCUT2D eigenvalue weighted by Crippen LogP contribution is -2.66. The van der Waals surface area contributed by atoms with E-state index in [0.717, 1.165) is 24.2 Å². The molecule has 6 heteroatoms. The molecule has 0 aromatic rings. The summed E-state index contributed by atoms with van der Waals surface area (Å²) >= 11 is 0. The molecular weight excluding hydrogens is 248 g/mol. The first-order valence-corrected chi connectivity index (χ1v) is 6.87. The summed E-state index contributed by atoms with van der Waals surface area (Å²) in [5, 5.41) is 2.28. The van der Waals surface area contributed by atoms with Crippen molar-refractivity contribution in [1.82, 2.24) is 10.2 Å². The Morgan fingerprint density at radius 2 is 2.00 bits per heavy atom. The van der Waals surface area contributed by atoms with Crippen molar-refractivity contribution in [3.63, 3.8) is 0 Å². The van der Waals surface area contributed by atoms with Gasteiger partial charge >= 0.3 is 6.03 Å². The molecule has 1 spiro atoms. The van der Waals surface area contributed by atoms with Crippen LogP contribution < -0.4 is 5.32 Å². The minimum absolute atomic E-state index is 0.212. The molecule has 106 valence electrons. The summed E-state index contributed by atoms with van der Waals surface area (Å²) in [4.78, 5) is 36.8. The topological polar surface area (TPSA) is 75.7 Å². The number of urea groups is 1. The van der Waals surface area contributed by atoms with Gasteiger partial charge in [-0.15, -0.1) is 0 Å². The molecule has 2 rings (SSSR count). The van der Waals surface area contributed by atoms with Gasteiger partial charge in [-0.3, -0.25) is 19.8 Å². The molecule has 0 bridgehead atoms. The molecule has 0 aromatic carbocycles. The summed E-state index contributed by atoms with van der Waals surface area (Å²) in [7, 11) is 0. The molecule has 0 atom stereocenters. The van der Waals surface area contributed by atoms with Crippen LogP contribution in [0.4, 0.5) is 4.79 Å². The Morgan fingerprint density at radius 1 is 1.26 bits per heavy atom. The van der Waals surface area contributed by atoms with Crippen LogP contribution in [0.5, 0.6) is 0 Å². The molecule has 1 heterocycles. The van der Waals surface area contributed by atoms with E-state index in [4.69, 9.17) is 4.74 Å². The minimum Gasteiger partial charge on any atom is -0.380 e. The molecule has 1 N–H and O–H groups in total. The van der Waals surface area contributed by atoms with Crippen LogP contribution in [0.2, 0.25) is 0 Å². The van der Waals surface area contributed by atoms with E-state index in [0.29, 0.717) is 26.1 Å². The van der Waals surface area contributed by atoms with Crippen molar-refractivity contribution in [3.05, 3.63) is 0 Å². The second-order valence-corrected chi connectivity index (χ2v) is 5.12. The maximum absolute atomic E-state index is 12.3. The largest absolute Gasteiger partial charge is 0.380 e. The fraction of sp³-hybridized carbons (Fsp3) is 0.769. The fourth-order valence-corrected chi connectivity index (χ4v) is 2.41. The minimum atomic E-state index is -0.975. The Morgan fingerprint density at radius 3 is 2.58 bits per heavy atom. The van der Waals surface area contributed by atoms with Gasteiger partial charge in [-0.1, -0.05) is 19.8 Å². The summed E-state index contributed by atoms with van der Waals surface area (Å²) < 4.78 is 5.36. The number of amides is 4. The first kappa shape index (κ1) is 14.0. The Bertz CT molecular complexity index is 390. The Kier molecular flexibility index (Phi) is 4.19. The van der Waals surface area contributed by atoms with E-state index in [1.54, 1.807) is 0 Å². The molecule has 4 amide bonds. The number of unbranched alkanes of at least 4 members (excludes halogenated alkanes) is 1. The van der Waals surface area contributed by atoms with E-state index >= 15 is 0 Å². The number of nitrogens with one attached hydrogen (secondary N) is 1. The van der Waals surface area contributed by atoms with Crippen LogP contribution in [0.15, 0.2) is 0 Å². The lowest BCUT2D eigenvalue weighted by Gasteiger charge is -2.44. The van der Waals surface area contributed by atoms with Gasteiger partial charge in [0, 0.05) is 6.61 Å². The third-order valence-electron chi connectivity index (χ3n) is 3.86. The summed E-state index contributed by atoms with van der Waals surface area (Å²) in [6.45, 7) is 3.23. The summed E-state index contributed by atoms with van der Waals surface area (Å²) in [6, 6.07) is -0.619. The lowest BCUT2D eigenvalue weighted by atomic mass is 9.66. The van der Waals surface area contributed by atoms with E-state index in [1.807, 2.05) is 0 Å². The van der Waals surface area contributed by atoms with Crippen molar-refractivity contribution in [3.8, 4) is 0 Å². The van der Waals surface area contributed by atoms with Crippen LogP contribution in [0.25, 0.3) is 0 Å². The number of ether oxygens (including phenoxy) is 1. The summed E-state index contributed by atoms with van der Waals surface area (Å²) in [6.07, 6.45) is 3.94. The lowest BCUT2D eigenvalue weighted by molar-refractivity contribution is -0.158. The first-order chi connectivity index (χ1) is 9.12. The first-order valence-electron chi connectivity index (χ1n) is 6.87. The number of carbonyl (C=O) groups is 3. The summed E-state index contributed by atoms with van der Waals surface area (Å²) in [5.41, 5.74) is -0.975. The zero-order chi connectivity index (χ0) is 13.9. The maximum atomic E-state index is 12.3. The van der Waals surface area contributed by atoms with Gasteiger partial charge in [0.1, 0.15) is 5.41 Å². The van der Waals surface area contributed by atoms with Crippen molar-refractivity contribution >= 4 is 17.8 Å². The fourth-order valence-electron chi connectivity index (χ4n) is 2.41. The van der Waals surface area contributed by atoms with Crippen LogP contribution in [0.3, 0.4) is 0 Å².